The first-order valence-corrected chi connectivity index (χ1v) is 9.71. The first-order valence-electron chi connectivity index (χ1n) is 9.71. The third kappa shape index (κ3) is 3.98. The summed E-state index contributed by atoms with van der Waals surface area (Å²) in [6.07, 6.45) is 3.57. The number of piperazine rings is 1. The van der Waals surface area contributed by atoms with Crippen LogP contribution in [-0.4, -0.2) is 61.2 Å². The highest BCUT2D eigenvalue weighted by Crippen LogP contribution is 2.29. The van der Waals surface area contributed by atoms with Crippen LogP contribution in [0.4, 0.5) is 0 Å². The van der Waals surface area contributed by atoms with Gasteiger partial charge in [-0.05, 0) is 55.5 Å². The molecule has 1 aliphatic rings. The Morgan fingerprint density at radius 3 is 2.54 bits per heavy atom. The first-order chi connectivity index (χ1) is 13.5. The van der Waals surface area contributed by atoms with Crippen LogP contribution in [0.2, 0.25) is 0 Å². The van der Waals surface area contributed by atoms with Crippen molar-refractivity contribution in [3.05, 3.63) is 60.1 Å². The third-order valence-corrected chi connectivity index (χ3v) is 5.07. The van der Waals surface area contributed by atoms with Crippen LogP contribution in [0.5, 0.6) is 0 Å². The summed E-state index contributed by atoms with van der Waals surface area (Å²) in [6.45, 7) is 10.9. The molecule has 0 aromatic carbocycles. The van der Waals surface area contributed by atoms with Crippen LogP contribution in [0.15, 0.2) is 47.2 Å². The number of hydrogen-bond donors (Lipinski definition) is 0. The minimum absolute atomic E-state index is 0.0683. The quantitative estimate of drug-likeness (QED) is 0.671. The molecule has 8 nitrogen and oxygen atoms in total. The van der Waals surface area contributed by atoms with E-state index < -0.39 is 0 Å². The van der Waals surface area contributed by atoms with E-state index in [1.54, 1.807) is 6.26 Å². The van der Waals surface area contributed by atoms with Gasteiger partial charge >= 0.3 is 0 Å². The molecule has 1 atom stereocenters. The highest BCUT2D eigenvalue weighted by molar-refractivity contribution is 5.18. The van der Waals surface area contributed by atoms with Crippen molar-refractivity contribution in [2.45, 2.75) is 38.9 Å². The number of pyridine rings is 1. The van der Waals surface area contributed by atoms with Gasteiger partial charge in [-0.1, -0.05) is 6.07 Å². The van der Waals surface area contributed by atoms with E-state index in [-0.39, 0.29) is 11.6 Å². The molecule has 3 aromatic heterocycles. The van der Waals surface area contributed by atoms with Crippen molar-refractivity contribution in [3.8, 4) is 0 Å². The van der Waals surface area contributed by atoms with E-state index in [0.29, 0.717) is 0 Å². The molecule has 4 heterocycles. The van der Waals surface area contributed by atoms with Gasteiger partial charge in [0.1, 0.15) is 11.8 Å². The fourth-order valence-electron chi connectivity index (χ4n) is 3.67. The van der Waals surface area contributed by atoms with Crippen molar-refractivity contribution in [3.63, 3.8) is 0 Å². The lowest BCUT2D eigenvalue weighted by Gasteiger charge is -2.38. The van der Waals surface area contributed by atoms with Gasteiger partial charge in [0.25, 0.3) is 0 Å². The van der Waals surface area contributed by atoms with Gasteiger partial charge in [-0.2, -0.15) is 0 Å². The van der Waals surface area contributed by atoms with Crippen LogP contribution < -0.4 is 0 Å². The molecule has 0 saturated carbocycles. The van der Waals surface area contributed by atoms with Crippen LogP contribution in [0.25, 0.3) is 0 Å². The van der Waals surface area contributed by atoms with Crippen LogP contribution in [0.3, 0.4) is 0 Å². The number of aromatic nitrogens is 5. The molecule has 1 fully saturated rings. The fraction of sp³-hybridized carbons (Fsp3) is 0.500. The zero-order valence-corrected chi connectivity index (χ0v) is 16.7. The summed E-state index contributed by atoms with van der Waals surface area (Å²) in [6, 6.07) is 9.92. The van der Waals surface area contributed by atoms with Crippen LogP contribution >= 0.6 is 0 Å². The average Bonchev–Trinajstić information content (AvgIpc) is 3.36. The predicted molar refractivity (Wildman–Crippen MR) is 104 cm³/mol. The SMILES string of the molecule is CC(C)(C)n1nnnc1C(c1ccccn1)N1CCN(Cc2ccco2)CC1. The summed E-state index contributed by atoms with van der Waals surface area (Å²) in [5.41, 5.74) is 0.773. The molecule has 0 N–H and O–H groups in total. The lowest BCUT2D eigenvalue weighted by Crippen LogP contribution is -2.48. The second-order valence-electron chi connectivity index (χ2n) is 8.17. The van der Waals surface area contributed by atoms with Gasteiger partial charge in [-0.25, -0.2) is 4.68 Å². The molecule has 28 heavy (non-hydrogen) atoms. The first kappa shape index (κ1) is 18.8. The highest BCUT2D eigenvalue weighted by atomic mass is 16.3. The zero-order chi connectivity index (χ0) is 19.6. The Bertz CT molecular complexity index is 862. The number of furan rings is 1. The Hall–Kier alpha value is -2.58. The second kappa shape index (κ2) is 7.81. The molecule has 8 heteroatoms. The molecule has 0 radical (unpaired) electrons. The number of tetrazole rings is 1. The van der Waals surface area contributed by atoms with E-state index in [1.807, 2.05) is 35.1 Å². The lowest BCUT2D eigenvalue weighted by atomic mass is 10.1. The Labute approximate surface area is 165 Å². The van der Waals surface area contributed by atoms with Gasteiger partial charge in [0.05, 0.1) is 24.0 Å². The Balaban J connectivity index is 1.57. The monoisotopic (exact) mass is 381 g/mol. The van der Waals surface area contributed by atoms with Crippen molar-refractivity contribution in [1.82, 2.24) is 35.0 Å². The number of rotatable bonds is 5. The van der Waals surface area contributed by atoms with Crippen molar-refractivity contribution >= 4 is 0 Å². The molecule has 0 aliphatic carbocycles. The van der Waals surface area contributed by atoms with Crippen molar-refractivity contribution in [2.75, 3.05) is 26.2 Å². The Kier molecular flexibility index (Phi) is 5.23. The second-order valence-corrected chi connectivity index (χ2v) is 8.17. The molecular formula is C20H27N7O. The maximum absolute atomic E-state index is 5.50. The van der Waals surface area contributed by atoms with Crippen molar-refractivity contribution in [1.29, 1.82) is 0 Å². The average molecular weight is 381 g/mol. The molecule has 1 saturated heterocycles. The standard InChI is InChI=1S/C20H27N7O/c1-20(2,3)27-19(22-23-24-27)18(17-8-4-5-9-21-17)26-12-10-25(11-13-26)15-16-7-6-14-28-16/h4-9,14,18H,10-13,15H2,1-3H3. The Morgan fingerprint density at radius 2 is 1.89 bits per heavy atom. The number of nitrogens with zero attached hydrogens (tertiary/aromatic N) is 7. The van der Waals surface area contributed by atoms with Gasteiger partial charge in [0.15, 0.2) is 5.82 Å². The van der Waals surface area contributed by atoms with Crippen LogP contribution in [-0.2, 0) is 12.1 Å². The molecule has 1 aliphatic heterocycles. The number of hydrogen-bond acceptors (Lipinski definition) is 7. The van der Waals surface area contributed by atoms with Gasteiger partial charge in [-0.3, -0.25) is 14.8 Å². The molecule has 4 rings (SSSR count). The van der Waals surface area contributed by atoms with E-state index >= 15 is 0 Å². The molecule has 3 aromatic rings. The molecule has 0 spiro atoms. The topological polar surface area (TPSA) is 76.1 Å². The molecule has 1 unspecified atom stereocenters. The smallest absolute Gasteiger partial charge is 0.175 e. The van der Waals surface area contributed by atoms with Gasteiger partial charge < -0.3 is 4.42 Å². The van der Waals surface area contributed by atoms with E-state index in [9.17, 15) is 0 Å². The highest BCUT2D eigenvalue weighted by Gasteiger charge is 2.33. The summed E-state index contributed by atoms with van der Waals surface area (Å²) in [5, 5.41) is 12.7. The maximum Gasteiger partial charge on any atom is 0.175 e. The van der Waals surface area contributed by atoms with Gasteiger partial charge in [0.2, 0.25) is 0 Å². The van der Waals surface area contributed by atoms with Gasteiger partial charge in [0, 0.05) is 32.4 Å². The predicted octanol–water partition coefficient (Wildman–Crippen LogP) is 2.32. The van der Waals surface area contributed by atoms with E-state index in [1.165, 1.54) is 0 Å². The molecule has 0 amide bonds. The summed E-state index contributed by atoms with van der Waals surface area (Å²) >= 11 is 0. The summed E-state index contributed by atoms with van der Waals surface area (Å²) in [4.78, 5) is 9.47. The third-order valence-electron chi connectivity index (χ3n) is 5.07. The largest absolute Gasteiger partial charge is 0.468 e. The lowest BCUT2D eigenvalue weighted by molar-refractivity contribution is 0.0922. The van der Waals surface area contributed by atoms with E-state index in [4.69, 9.17) is 4.42 Å². The van der Waals surface area contributed by atoms with Gasteiger partial charge in [-0.15, -0.1) is 5.10 Å². The van der Waals surface area contributed by atoms with Crippen LogP contribution in [0.1, 0.15) is 44.1 Å². The minimum atomic E-state index is -0.201. The maximum atomic E-state index is 5.50. The Morgan fingerprint density at radius 1 is 1.07 bits per heavy atom. The van der Waals surface area contributed by atoms with Crippen molar-refractivity contribution in [2.24, 2.45) is 0 Å². The molecule has 148 valence electrons. The van der Waals surface area contributed by atoms with E-state index in [2.05, 4.69) is 57.1 Å². The van der Waals surface area contributed by atoms with Crippen LogP contribution in [0, 0.1) is 0 Å². The van der Waals surface area contributed by atoms with Crippen molar-refractivity contribution < 1.29 is 4.42 Å². The summed E-state index contributed by atoms with van der Waals surface area (Å²) in [7, 11) is 0. The minimum Gasteiger partial charge on any atom is -0.468 e. The summed E-state index contributed by atoms with van der Waals surface area (Å²) < 4.78 is 7.42. The molecule has 0 bridgehead atoms. The fourth-order valence-corrected chi connectivity index (χ4v) is 3.67. The van der Waals surface area contributed by atoms with E-state index in [0.717, 1.165) is 50.0 Å². The zero-order valence-electron chi connectivity index (χ0n) is 16.7. The normalized spacial score (nSPS) is 17.7. The summed E-state index contributed by atoms with van der Waals surface area (Å²) in [5.74, 6) is 1.84. The molecular weight excluding hydrogens is 354 g/mol.